The minimum Gasteiger partial charge on any atom is -0.388 e. The van der Waals surface area contributed by atoms with E-state index in [-0.39, 0.29) is 0 Å². The third-order valence-electron chi connectivity index (χ3n) is 2.66. The van der Waals surface area contributed by atoms with E-state index in [1.54, 1.807) is 17.8 Å². The summed E-state index contributed by atoms with van der Waals surface area (Å²) in [7, 11) is 0. The first-order valence-electron chi connectivity index (χ1n) is 4.86. The maximum absolute atomic E-state index is 10.0. The van der Waals surface area contributed by atoms with Crippen molar-refractivity contribution >= 4 is 35.0 Å². The van der Waals surface area contributed by atoms with Crippen molar-refractivity contribution in [3.8, 4) is 0 Å². The zero-order valence-electron chi connectivity index (χ0n) is 8.34. The van der Waals surface area contributed by atoms with Gasteiger partial charge in [-0.25, -0.2) is 0 Å². The van der Waals surface area contributed by atoms with E-state index in [1.807, 2.05) is 6.07 Å². The standard InChI is InChI=1S/C11H12Cl2OS/c1-6-4-10(14)7-2-3-9(12)11(13)8(7)5-15-6/h2-3,6,10,14H,4-5H2,1H3. The number of hydrogen-bond donors (Lipinski definition) is 1. The van der Waals surface area contributed by atoms with E-state index < -0.39 is 6.10 Å². The molecule has 0 fully saturated rings. The summed E-state index contributed by atoms with van der Waals surface area (Å²) >= 11 is 13.9. The van der Waals surface area contributed by atoms with E-state index in [0.29, 0.717) is 15.3 Å². The van der Waals surface area contributed by atoms with Crippen molar-refractivity contribution in [2.24, 2.45) is 0 Å². The fraction of sp³-hybridized carbons (Fsp3) is 0.455. The Morgan fingerprint density at radius 3 is 2.87 bits per heavy atom. The van der Waals surface area contributed by atoms with Crippen molar-refractivity contribution in [1.29, 1.82) is 0 Å². The highest BCUT2D eigenvalue weighted by molar-refractivity contribution is 7.99. The highest BCUT2D eigenvalue weighted by Gasteiger charge is 2.23. The van der Waals surface area contributed by atoms with Crippen molar-refractivity contribution in [3.05, 3.63) is 33.3 Å². The molecule has 1 nitrogen and oxygen atoms in total. The molecule has 0 aromatic heterocycles. The third-order valence-corrected chi connectivity index (χ3v) is 4.72. The van der Waals surface area contributed by atoms with Gasteiger partial charge in [0.2, 0.25) is 0 Å². The molecule has 1 aromatic rings. The van der Waals surface area contributed by atoms with Crippen LogP contribution in [0.2, 0.25) is 10.0 Å². The van der Waals surface area contributed by atoms with Gasteiger partial charge in [-0.3, -0.25) is 0 Å². The van der Waals surface area contributed by atoms with Gasteiger partial charge in [-0.15, -0.1) is 0 Å². The monoisotopic (exact) mass is 262 g/mol. The Bertz CT molecular complexity index is 381. The van der Waals surface area contributed by atoms with E-state index >= 15 is 0 Å². The molecule has 82 valence electrons. The van der Waals surface area contributed by atoms with Crippen molar-refractivity contribution in [2.45, 2.75) is 30.5 Å². The van der Waals surface area contributed by atoms with Crippen LogP contribution in [0.3, 0.4) is 0 Å². The van der Waals surface area contributed by atoms with Gasteiger partial charge < -0.3 is 5.11 Å². The van der Waals surface area contributed by atoms with E-state index in [9.17, 15) is 5.11 Å². The summed E-state index contributed by atoms with van der Waals surface area (Å²) in [6.07, 6.45) is 0.357. The van der Waals surface area contributed by atoms with Gasteiger partial charge >= 0.3 is 0 Å². The zero-order chi connectivity index (χ0) is 11.0. The molecule has 2 atom stereocenters. The van der Waals surface area contributed by atoms with Crippen molar-refractivity contribution in [2.75, 3.05) is 0 Å². The molecule has 0 saturated carbocycles. The molecule has 0 radical (unpaired) electrons. The summed E-state index contributed by atoms with van der Waals surface area (Å²) < 4.78 is 0. The van der Waals surface area contributed by atoms with Gasteiger partial charge in [0.15, 0.2) is 0 Å². The number of halogens is 2. The number of aliphatic hydroxyl groups is 1. The van der Waals surface area contributed by atoms with Crippen LogP contribution >= 0.6 is 35.0 Å². The smallest absolute Gasteiger partial charge is 0.0804 e. The molecule has 4 heteroatoms. The molecule has 0 spiro atoms. The first-order chi connectivity index (χ1) is 7.09. The fourth-order valence-electron chi connectivity index (χ4n) is 1.80. The van der Waals surface area contributed by atoms with E-state index in [4.69, 9.17) is 23.2 Å². The second-order valence-electron chi connectivity index (χ2n) is 3.80. The molecule has 1 aliphatic rings. The molecule has 2 rings (SSSR count). The van der Waals surface area contributed by atoms with E-state index in [1.165, 1.54) is 0 Å². The molecule has 1 aromatic carbocycles. The van der Waals surface area contributed by atoms with Crippen molar-refractivity contribution < 1.29 is 5.11 Å². The lowest BCUT2D eigenvalue weighted by Crippen LogP contribution is -2.03. The molecule has 0 saturated heterocycles. The molecule has 15 heavy (non-hydrogen) atoms. The maximum atomic E-state index is 10.0. The van der Waals surface area contributed by atoms with Crippen LogP contribution in [-0.2, 0) is 5.75 Å². The molecule has 0 aliphatic carbocycles. The Balaban J connectivity index is 2.48. The lowest BCUT2D eigenvalue weighted by atomic mass is 10.0. The Kier molecular flexibility index (Phi) is 3.51. The van der Waals surface area contributed by atoms with Crippen LogP contribution in [-0.4, -0.2) is 10.4 Å². The molecular formula is C11H12Cl2OS. The number of benzene rings is 1. The van der Waals surface area contributed by atoms with Crippen LogP contribution in [0.1, 0.15) is 30.6 Å². The lowest BCUT2D eigenvalue weighted by molar-refractivity contribution is 0.168. The number of hydrogen-bond acceptors (Lipinski definition) is 2. The maximum Gasteiger partial charge on any atom is 0.0804 e. The quantitative estimate of drug-likeness (QED) is 0.761. The zero-order valence-corrected chi connectivity index (χ0v) is 10.7. The third kappa shape index (κ3) is 2.28. The summed E-state index contributed by atoms with van der Waals surface area (Å²) in [4.78, 5) is 0. The van der Waals surface area contributed by atoms with Crippen molar-refractivity contribution in [3.63, 3.8) is 0 Å². The molecular weight excluding hydrogens is 251 g/mol. The second kappa shape index (κ2) is 4.54. The Morgan fingerprint density at radius 2 is 2.13 bits per heavy atom. The Labute approximate surface area is 104 Å². The molecule has 1 heterocycles. The van der Waals surface area contributed by atoms with Gasteiger partial charge in [0.25, 0.3) is 0 Å². The minimum absolute atomic E-state index is 0.417. The summed E-state index contributed by atoms with van der Waals surface area (Å²) in [6, 6.07) is 3.64. The molecule has 1 N–H and O–H groups in total. The Morgan fingerprint density at radius 1 is 1.40 bits per heavy atom. The summed E-state index contributed by atoms with van der Waals surface area (Å²) in [5.74, 6) is 0.826. The van der Waals surface area contributed by atoms with E-state index in [2.05, 4.69) is 6.92 Å². The number of thioether (sulfide) groups is 1. The van der Waals surface area contributed by atoms with Crippen LogP contribution in [0.5, 0.6) is 0 Å². The van der Waals surface area contributed by atoms with Crippen LogP contribution < -0.4 is 0 Å². The SMILES string of the molecule is CC1CC(O)c2ccc(Cl)c(Cl)c2CS1. The van der Waals surface area contributed by atoms with Gasteiger partial charge in [-0.1, -0.05) is 36.2 Å². The molecule has 0 bridgehead atoms. The first kappa shape index (κ1) is 11.6. The minimum atomic E-state index is -0.417. The number of fused-ring (bicyclic) bond motifs is 1. The molecule has 0 amide bonds. The lowest BCUT2D eigenvalue weighted by Gasteiger charge is -2.13. The predicted molar refractivity (Wildman–Crippen MR) is 66.8 cm³/mol. The average molecular weight is 263 g/mol. The first-order valence-corrected chi connectivity index (χ1v) is 6.66. The normalized spacial score (nSPS) is 25.9. The highest BCUT2D eigenvalue weighted by Crippen LogP contribution is 2.40. The summed E-state index contributed by atoms with van der Waals surface area (Å²) in [5, 5.41) is 11.6. The van der Waals surface area contributed by atoms with Gasteiger partial charge in [0.05, 0.1) is 16.1 Å². The summed E-state index contributed by atoms with van der Waals surface area (Å²) in [6.45, 7) is 2.12. The van der Waals surface area contributed by atoms with Gasteiger partial charge in [-0.05, 0) is 23.6 Å². The fourth-order valence-corrected chi connectivity index (χ4v) is 3.38. The topological polar surface area (TPSA) is 20.2 Å². The van der Waals surface area contributed by atoms with Crippen LogP contribution in [0.25, 0.3) is 0 Å². The van der Waals surface area contributed by atoms with Crippen molar-refractivity contribution in [1.82, 2.24) is 0 Å². The summed E-state index contributed by atoms with van der Waals surface area (Å²) in [5.41, 5.74) is 1.92. The largest absolute Gasteiger partial charge is 0.388 e. The van der Waals surface area contributed by atoms with Gasteiger partial charge in [0, 0.05) is 11.0 Å². The van der Waals surface area contributed by atoms with Crippen LogP contribution in [0.15, 0.2) is 12.1 Å². The van der Waals surface area contributed by atoms with Gasteiger partial charge in [-0.2, -0.15) is 11.8 Å². The van der Waals surface area contributed by atoms with Crippen LogP contribution in [0, 0.1) is 0 Å². The molecule has 1 aliphatic heterocycles. The molecule has 2 unspecified atom stereocenters. The number of rotatable bonds is 0. The number of aliphatic hydroxyl groups excluding tert-OH is 1. The van der Waals surface area contributed by atoms with Crippen LogP contribution in [0.4, 0.5) is 0 Å². The van der Waals surface area contributed by atoms with E-state index in [0.717, 1.165) is 23.3 Å². The highest BCUT2D eigenvalue weighted by atomic mass is 35.5. The second-order valence-corrected chi connectivity index (χ2v) is 6.01. The average Bonchev–Trinajstić information content (AvgIpc) is 2.32. The predicted octanol–water partition coefficient (Wildman–Crippen LogP) is 4.05. The van der Waals surface area contributed by atoms with Gasteiger partial charge in [0.1, 0.15) is 0 Å². The Hall–Kier alpha value is 0.110.